The third-order valence-corrected chi connectivity index (χ3v) is 6.77. The molecule has 6 nitrogen and oxygen atoms in total. The Hall–Kier alpha value is -3.52. The minimum absolute atomic E-state index is 0.0161. The molecule has 0 aliphatic carbocycles. The summed E-state index contributed by atoms with van der Waals surface area (Å²) in [6.07, 6.45) is 3.12. The zero-order valence-electron chi connectivity index (χ0n) is 17.7. The first-order valence-electron chi connectivity index (χ1n) is 10.1. The predicted molar refractivity (Wildman–Crippen MR) is 122 cm³/mol. The van der Waals surface area contributed by atoms with Gasteiger partial charge in [0, 0.05) is 24.8 Å². The second kappa shape index (κ2) is 8.92. The van der Waals surface area contributed by atoms with Crippen LogP contribution in [-0.4, -0.2) is 23.0 Å². The molecule has 0 radical (unpaired) electrons. The van der Waals surface area contributed by atoms with E-state index in [-0.39, 0.29) is 16.8 Å². The molecule has 0 saturated carbocycles. The fraction of sp³-hybridized carbons (Fsp3) is 0.167. The van der Waals surface area contributed by atoms with Crippen molar-refractivity contribution in [3.63, 3.8) is 0 Å². The van der Waals surface area contributed by atoms with E-state index >= 15 is 0 Å². The van der Waals surface area contributed by atoms with Crippen molar-refractivity contribution in [2.75, 3.05) is 5.32 Å². The molecule has 0 aliphatic rings. The number of anilines is 1. The van der Waals surface area contributed by atoms with Crippen molar-refractivity contribution < 1.29 is 12.8 Å². The number of aryl methyl sites for hydroxylation is 1. The van der Waals surface area contributed by atoms with Crippen LogP contribution >= 0.6 is 0 Å². The van der Waals surface area contributed by atoms with E-state index in [4.69, 9.17) is 0 Å². The number of halogens is 1. The maximum absolute atomic E-state index is 13.2. The van der Waals surface area contributed by atoms with Gasteiger partial charge in [-0.25, -0.2) is 22.8 Å². The van der Waals surface area contributed by atoms with Gasteiger partial charge in [0.15, 0.2) is 5.03 Å². The van der Waals surface area contributed by atoms with Gasteiger partial charge < -0.3 is 9.88 Å². The Balaban J connectivity index is 1.64. The summed E-state index contributed by atoms with van der Waals surface area (Å²) in [5.74, 6) is -0.0495. The molecule has 2 aromatic heterocycles. The van der Waals surface area contributed by atoms with Gasteiger partial charge in [-0.2, -0.15) is 0 Å². The standard InChI is InChI=1S/C24H23FN4O2S/c1-17(19-6-4-3-5-7-19)28-22-14-20(12-13-26-22)23-24(27-16-29(23)2)32(30,31)15-18-8-10-21(25)11-9-18/h3-14,16-17H,15H2,1-2H3,(H,26,28). The molecule has 4 rings (SSSR count). The molecule has 1 unspecified atom stereocenters. The summed E-state index contributed by atoms with van der Waals surface area (Å²) in [6, 6.07) is 19.0. The SMILES string of the molecule is CC(Nc1cc(-c2c(S(=O)(=O)Cc3ccc(F)cc3)ncn2C)ccn1)c1ccccc1. The molecule has 0 aliphatic heterocycles. The third-order valence-electron chi connectivity index (χ3n) is 5.17. The maximum Gasteiger partial charge on any atom is 0.201 e. The van der Waals surface area contributed by atoms with Gasteiger partial charge in [-0.05, 0) is 42.3 Å². The summed E-state index contributed by atoms with van der Waals surface area (Å²) in [5.41, 5.74) is 2.77. The lowest BCUT2D eigenvalue weighted by Crippen LogP contribution is -2.09. The molecule has 4 aromatic rings. The highest BCUT2D eigenvalue weighted by molar-refractivity contribution is 7.90. The Bertz CT molecular complexity index is 1320. The number of nitrogens with zero attached hydrogens (tertiary/aromatic N) is 3. The van der Waals surface area contributed by atoms with Crippen molar-refractivity contribution >= 4 is 15.7 Å². The van der Waals surface area contributed by atoms with Gasteiger partial charge in [0.1, 0.15) is 11.6 Å². The topological polar surface area (TPSA) is 76.9 Å². The van der Waals surface area contributed by atoms with Crippen LogP contribution in [0.15, 0.2) is 84.3 Å². The van der Waals surface area contributed by atoms with Gasteiger partial charge >= 0.3 is 0 Å². The Morgan fingerprint density at radius 3 is 2.47 bits per heavy atom. The number of rotatable bonds is 7. The minimum atomic E-state index is -3.76. The fourth-order valence-corrected chi connectivity index (χ4v) is 5.07. The maximum atomic E-state index is 13.2. The summed E-state index contributed by atoms with van der Waals surface area (Å²) >= 11 is 0. The van der Waals surface area contributed by atoms with Crippen molar-refractivity contribution in [3.05, 3.63) is 96.2 Å². The summed E-state index contributed by atoms with van der Waals surface area (Å²) in [6.45, 7) is 2.03. The molecule has 0 spiro atoms. The Morgan fingerprint density at radius 1 is 1.03 bits per heavy atom. The van der Waals surface area contributed by atoms with Crippen molar-refractivity contribution in [2.24, 2.45) is 7.05 Å². The van der Waals surface area contributed by atoms with E-state index in [1.54, 1.807) is 23.9 Å². The number of hydrogen-bond acceptors (Lipinski definition) is 5. The largest absolute Gasteiger partial charge is 0.364 e. The molecule has 0 amide bonds. The minimum Gasteiger partial charge on any atom is -0.364 e. The second-order valence-corrected chi connectivity index (χ2v) is 9.51. The molecule has 0 bridgehead atoms. The van der Waals surface area contributed by atoms with E-state index in [1.165, 1.54) is 30.6 Å². The van der Waals surface area contributed by atoms with E-state index in [0.717, 1.165) is 5.56 Å². The van der Waals surface area contributed by atoms with Crippen LogP contribution in [0.25, 0.3) is 11.3 Å². The van der Waals surface area contributed by atoms with E-state index in [2.05, 4.69) is 15.3 Å². The van der Waals surface area contributed by atoms with Crippen LogP contribution < -0.4 is 5.32 Å². The Labute approximate surface area is 186 Å². The van der Waals surface area contributed by atoms with Gasteiger partial charge in [-0.15, -0.1) is 0 Å². The number of hydrogen-bond donors (Lipinski definition) is 1. The number of benzene rings is 2. The van der Waals surface area contributed by atoms with Crippen molar-refractivity contribution in [1.29, 1.82) is 0 Å². The monoisotopic (exact) mass is 450 g/mol. The van der Waals surface area contributed by atoms with E-state index in [9.17, 15) is 12.8 Å². The first-order valence-corrected chi connectivity index (χ1v) is 11.7. The van der Waals surface area contributed by atoms with Crippen molar-refractivity contribution in [1.82, 2.24) is 14.5 Å². The normalized spacial score (nSPS) is 12.5. The predicted octanol–water partition coefficient (Wildman–Crippen LogP) is 4.77. The van der Waals surface area contributed by atoms with Crippen LogP contribution in [0.2, 0.25) is 0 Å². The molecular formula is C24H23FN4O2S. The highest BCUT2D eigenvalue weighted by Gasteiger charge is 2.25. The summed E-state index contributed by atoms with van der Waals surface area (Å²) in [5, 5.41) is 3.34. The lowest BCUT2D eigenvalue weighted by molar-refractivity contribution is 0.592. The zero-order valence-corrected chi connectivity index (χ0v) is 18.6. The summed E-state index contributed by atoms with van der Waals surface area (Å²) in [4.78, 5) is 8.56. The quantitative estimate of drug-likeness (QED) is 0.439. The number of nitrogens with one attached hydrogen (secondary N) is 1. The average Bonchev–Trinajstić information content (AvgIpc) is 3.18. The lowest BCUT2D eigenvalue weighted by atomic mass is 10.1. The van der Waals surface area contributed by atoms with Crippen molar-refractivity contribution in [3.8, 4) is 11.3 Å². The average molecular weight is 451 g/mol. The third kappa shape index (κ3) is 4.70. The molecule has 8 heteroatoms. The molecule has 2 aromatic carbocycles. The van der Waals surface area contributed by atoms with Crippen molar-refractivity contribution in [2.45, 2.75) is 23.7 Å². The van der Waals surface area contributed by atoms with E-state index < -0.39 is 15.7 Å². The fourth-order valence-electron chi connectivity index (χ4n) is 3.54. The second-order valence-electron chi connectivity index (χ2n) is 7.60. The molecule has 1 N–H and O–H groups in total. The number of sulfone groups is 1. The lowest BCUT2D eigenvalue weighted by Gasteiger charge is -2.16. The van der Waals surface area contributed by atoms with Gasteiger partial charge in [-0.1, -0.05) is 42.5 Å². The van der Waals surface area contributed by atoms with E-state index in [1.807, 2.05) is 43.3 Å². The number of pyridine rings is 1. The van der Waals surface area contributed by atoms with Crippen LogP contribution in [0, 0.1) is 5.82 Å². The molecule has 164 valence electrons. The Morgan fingerprint density at radius 2 is 1.75 bits per heavy atom. The summed E-state index contributed by atoms with van der Waals surface area (Å²) < 4.78 is 41.2. The summed E-state index contributed by atoms with van der Waals surface area (Å²) in [7, 11) is -2.01. The Kier molecular flexibility index (Phi) is 6.05. The van der Waals surface area contributed by atoms with E-state index in [0.29, 0.717) is 22.6 Å². The molecule has 1 atom stereocenters. The highest BCUT2D eigenvalue weighted by Crippen LogP contribution is 2.30. The van der Waals surface area contributed by atoms with Gasteiger partial charge in [0.25, 0.3) is 0 Å². The smallest absolute Gasteiger partial charge is 0.201 e. The van der Waals surface area contributed by atoms with Crippen LogP contribution in [0.4, 0.5) is 10.2 Å². The molecule has 0 saturated heterocycles. The first-order chi connectivity index (χ1) is 15.3. The molecule has 32 heavy (non-hydrogen) atoms. The van der Waals surface area contributed by atoms with Gasteiger partial charge in [0.05, 0.1) is 17.8 Å². The zero-order chi connectivity index (χ0) is 22.7. The van der Waals surface area contributed by atoms with Crippen LogP contribution in [0.1, 0.15) is 24.1 Å². The highest BCUT2D eigenvalue weighted by atomic mass is 32.2. The van der Waals surface area contributed by atoms with Crippen LogP contribution in [-0.2, 0) is 22.6 Å². The molecule has 0 fully saturated rings. The van der Waals surface area contributed by atoms with Crippen LogP contribution in [0.5, 0.6) is 0 Å². The number of imidazole rings is 1. The first kappa shape index (κ1) is 21.7. The molecular weight excluding hydrogens is 427 g/mol. The van der Waals surface area contributed by atoms with Crippen LogP contribution in [0.3, 0.4) is 0 Å². The van der Waals surface area contributed by atoms with Gasteiger partial charge in [0.2, 0.25) is 9.84 Å². The number of aromatic nitrogens is 3. The van der Waals surface area contributed by atoms with Gasteiger partial charge in [-0.3, -0.25) is 0 Å². The molecule has 2 heterocycles.